The Hall–Kier alpha value is -2.99. The number of rotatable bonds is 3. The number of para-hydroxylation sites is 1. The van der Waals surface area contributed by atoms with Gasteiger partial charge in [0.15, 0.2) is 0 Å². The highest BCUT2D eigenvalue weighted by Crippen LogP contribution is 2.36. The van der Waals surface area contributed by atoms with E-state index in [1.165, 1.54) is 4.70 Å². The number of piperidine rings is 1. The molecular formula is C22H20N4OS. The van der Waals surface area contributed by atoms with Crippen molar-refractivity contribution in [2.45, 2.75) is 25.3 Å². The van der Waals surface area contributed by atoms with E-state index in [1.54, 1.807) is 22.2 Å². The Balaban J connectivity index is 1.43. The van der Waals surface area contributed by atoms with Crippen molar-refractivity contribution in [2.24, 2.45) is 0 Å². The second-order valence-electron chi connectivity index (χ2n) is 7.03. The first-order chi connectivity index (χ1) is 13.8. The monoisotopic (exact) mass is 388 g/mol. The van der Waals surface area contributed by atoms with Gasteiger partial charge in [-0.3, -0.25) is 4.79 Å². The van der Waals surface area contributed by atoms with Crippen LogP contribution in [0.4, 0.5) is 0 Å². The predicted octanol–water partition coefficient (Wildman–Crippen LogP) is 4.85. The van der Waals surface area contributed by atoms with Gasteiger partial charge in [-0.05, 0) is 61.7 Å². The van der Waals surface area contributed by atoms with Crippen LogP contribution in [0, 0.1) is 0 Å². The molecule has 0 N–H and O–H groups in total. The molecule has 4 aromatic rings. The Labute approximate surface area is 167 Å². The van der Waals surface area contributed by atoms with Crippen LogP contribution in [0.15, 0.2) is 67.0 Å². The Kier molecular flexibility index (Phi) is 4.41. The number of hydrogen-bond donors (Lipinski definition) is 0. The van der Waals surface area contributed by atoms with Gasteiger partial charge in [0, 0.05) is 24.5 Å². The van der Waals surface area contributed by atoms with Crippen LogP contribution in [0.3, 0.4) is 0 Å². The van der Waals surface area contributed by atoms with E-state index in [2.05, 4.69) is 11.2 Å². The summed E-state index contributed by atoms with van der Waals surface area (Å²) in [5.74, 6) is 0.0796. The van der Waals surface area contributed by atoms with Gasteiger partial charge in [0.2, 0.25) is 0 Å². The number of carbonyl (C=O) groups is 1. The molecule has 1 aliphatic rings. The van der Waals surface area contributed by atoms with Crippen LogP contribution in [-0.4, -0.2) is 32.1 Å². The van der Waals surface area contributed by atoms with Gasteiger partial charge in [-0.15, -0.1) is 11.3 Å². The van der Waals surface area contributed by atoms with Crippen LogP contribution >= 0.6 is 11.3 Å². The molecule has 2 aromatic heterocycles. The molecule has 5 nitrogen and oxygen atoms in total. The molecule has 1 fully saturated rings. The minimum absolute atomic E-state index is 0.0597. The van der Waals surface area contributed by atoms with E-state index in [1.807, 2.05) is 59.6 Å². The molecule has 0 saturated carbocycles. The van der Waals surface area contributed by atoms with Gasteiger partial charge in [0.05, 0.1) is 21.9 Å². The molecule has 5 rings (SSSR count). The highest BCUT2D eigenvalue weighted by atomic mass is 32.1. The SMILES string of the molecule is O=C(c1ccc(-n2cccn2)cc1)N1CCCC[C@H]1c1nc2ccccc2s1. The number of amides is 1. The van der Waals surface area contributed by atoms with Crippen LogP contribution < -0.4 is 0 Å². The largest absolute Gasteiger partial charge is 0.329 e. The van der Waals surface area contributed by atoms with Crippen molar-refractivity contribution in [3.8, 4) is 5.69 Å². The fourth-order valence-electron chi connectivity index (χ4n) is 3.81. The van der Waals surface area contributed by atoms with E-state index in [-0.39, 0.29) is 11.9 Å². The molecule has 3 heterocycles. The summed E-state index contributed by atoms with van der Waals surface area (Å²) in [5, 5.41) is 5.28. The molecule has 1 aliphatic heterocycles. The van der Waals surface area contributed by atoms with Crippen molar-refractivity contribution < 1.29 is 4.79 Å². The minimum Gasteiger partial charge on any atom is -0.329 e. The number of benzene rings is 2. The first kappa shape index (κ1) is 17.1. The molecule has 1 amide bonds. The van der Waals surface area contributed by atoms with Gasteiger partial charge in [-0.2, -0.15) is 5.10 Å². The zero-order chi connectivity index (χ0) is 18.9. The third kappa shape index (κ3) is 3.10. The number of carbonyl (C=O) groups excluding carboxylic acids is 1. The van der Waals surface area contributed by atoms with Gasteiger partial charge in [0.1, 0.15) is 5.01 Å². The van der Waals surface area contributed by atoms with Crippen molar-refractivity contribution in [1.29, 1.82) is 0 Å². The molecule has 2 aromatic carbocycles. The molecule has 0 radical (unpaired) electrons. The summed E-state index contributed by atoms with van der Waals surface area (Å²) < 4.78 is 2.97. The average molecular weight is 388 g/mol. The zero-order valence-corrected chi connectivity index (χ0v) is 16.2. The fourth-order valence-corrected chi connectivity index (χ4v) is 4.92. The van der Waals surface area contributed by atoms with Crippen LogP contribution in [0.5, 0.6) is 0 Å². The minimum atomic E-state index is 0.0597. The number of thiazole rings is 1. The van der Waals surface area contributed by atoms with Crippen molar-refractivity contribution >= 4 is 27.5 Å². The lowest BCUT2D eigenvalue weighted by Crippen LogP contribution is -2.38. The van der Waals surface area contributed by atoms with Crippen LogP contribution in [-0.2, 0) is 0 Å². The standard InChI is InChI=1S/C22H20N4OS/c27-22(16-9-11-17(12-10-16)26-15-5-13-23-26)25-14-4-3-7-19(25)21-24-18-6-1-2-8-20(18)28-21/h1-2,5-6,8-13,15,19H,3-4,7,14H2/t19-/m0/s1. The lowest BCUT2D eigenvalue weighted by Gasteiger charge is -2.34. The van der Waals surface area contributed by atoms with Crippen molar-refractivity contribution in [3.63, 3.8) is 0 Å². The Morgan fingerprint density at radius 1 is 1.04 bits per heavy atom. The van der Waals surface area contributed by atoms with E-state index < -0.39 is 0 Å². The third-order valence-electron chi connectivity index (χ3n) is 5.24. The summed E-state index contributed by atoms with van der Waals surface area (Å²) in [6, 6.07) is 17.8. The number of aromatic nitrogens is 3. The van der Waals surface area contributed by atoms with Gasteiger partial charge in [-0.25, -0.2) is 9.67 Å². The third-order valence-corrected chi connectivity index (χ3v) is 6.38. The molecule has 6 heteroatoms. The van der Waals surface area contributed by atoms with Crippen molar-refractivity contribution in [2.75, 3.05) is 6.54 Å². The fraction of sp³-hybridized carbons (Fsp3) is 0.227. The van der Waals surface area contributed by atoms with E-state index >= 15 is 0 Å². The first-order valence-corrected chi connectivity index (χ1v) is 10.4. The van der Waals surface area contributed by atoms with E-state index in [9.17, 15) is 4.79 Å². The van der Waals surface area contributed by atoms with Gasteiger partial charge >= 0.3 is 0 Å². The second-order valence-corrected chi connectivity index (χ2v) is 8.09. The Morgan fingerprint density at radius 3 is 2.68 bits per heavy atom. The summed E-state index contributed by atoms with van der Waals surface area (Å²) >= 11 is 1.70. The van der Waals surface area contributed by atoms with Crippen LogP contribution in [0.25, 0.3) is 15.9 Å². The molecule has 140 valence electrons. The highest BCUT2D eigenvalue weighted by Gasteiger charge is 2.30. The van der Waals surface area contributed by atoms with Crippen molar-refractivity contribution in [3.05, 3.63) is 77.6 Å². The molecule has 0 aliphatic carbocycles. The Bertz CT molecular complexity index is 1070. The number of nitrogens with zero attached hydrogens (tertiary/aromatic N) is 4. The summed E-state index contributed by atoms with van der Waals surface area (Å²) in [6.07, 6.45) is 6.78. The van der Waals surface area contributed by atoms with Crippen LogP contribution in [0.1, 0.15) is 40.7 Å². The molecule has 28 heavy (non-hydrogen) atoms. The zero-order valence-electron chi connectivity index (χ0n) is 15.4. The average Bonchev–Trinajstić information content (AvgIpc) is 3.43. The maximum Gasteiger partial charge on any atom is 0.254 e. The van der Waals surface area contributed by atoms with Crippen molar-refractivity contribution in [1.82, 2.24) is 19.7 Å². The van der Waals surface area contributed by atoms with E-state index in [0.717, 1.165) is 42.0 Å². The smallest absolute Gasteiger partial charge is 0.254 e. The number of likely N-dealkylation sites (tertiary alicyclic amines) is 1. The maximum atomic E-state index is 13.3. The topological polar surface area (TPSA) is 51.0 Å². The molecular weight excluding hydrogens is 368 g/mol. The highest BCUT2D eigenvalue weighted by molar-refractivity contribution is 7.18. The first-order valence-electron chi connectivity index (χ1n) is 9.56. The summed E-state index contributed by atoms with van der Waals surface area (Å²) in [6.45, 7) is 0.778. The summed E-state index contributed by atoms with van der Waals surface area (Å²) in [4.78, 5) is 20.1. The number of hydrogen-bond acceptors (Lipinski definition) is 4. The molecule has 0 bridgehead atoms. The molecule has 0 unspecified atom stereocenters. The maximum absolute atomic E-state index is 13.3. The lowest BCUT2D eigenvalue weighted by molar-refractivity contribution is 0.0611. The summed E-state index contributed by atoms with van der Waals surface area (Å²) in [5.41, 5.74) is 2.68. The molecule has 0 spiro atoms. The second kappa shape index (κ2) is 7.20. The van der Waals surface area contributed by atoms with Gasteiger partial charge < -0.3 is 4.90 Å². The van der Waals surface area contributed by atoms with E-state index in [4.69, 9.17) is 4.98 Å². The molecule has 1 atom stereocenters. The van der Waals surface area contributed by atoms with Gasteiger partial charge in [0.25, 0.3) is 5.91 Å². The predicted molar refractivity (Wildman–Crippen MR) is 111 cm³/mol. The summed E-state index contributed by atoms with van der Waals surface area (Å²) in [7, 11) is 0. The van der Waals surface area contributed by atoms with E-state index in [0.29, 0.717) is 5.56 Å². The molecule has 1 saturated heterocycles. The normalized spacial score (nSPS) is 17.1. The Morgan fingerprint density at radius 2 is 1.89 bits per heavy atom. The van der Waals surface area contributed by atoms with Gasteiger partial charge in [-0.1, -0.05) is 12.1 Å². The van der Waals surface area contributed by atoms with Crippen LogP contribution in [0.2, 0.25) is 0 Å². The lowest BCUT2D eigenvalue weighted by atomic mass is 10.0. The number of fused-ring (bicyclic) bond motifs is 1. The quantitative estimate of drug-likeness (QED) is 0.504.